The highest BCUT2D eigenvalue weighted by Crippen LogP contribution is 2.20. The molecule has 3 N–H and O–H groups in total. The van der Waals surface area contributed by atoms with Crippen LogP contribution < -0.4 is 11.1 Å². The largest absolute Gasteiger partial charge is 0.379 e. The molecular weight excluding hydrogens is 280 g/mol. The van der Waals surface area contributed by atoms with Crippen molar-refractivity contribution in [3.05, 3.63) is 0 Å². The highest BCUT2D eigenvalue weighted by molar-refractivity contribution is 5.82. The lowest BCUT2D eigenvalue weighted by molar-refractivity contribution is -0.132. The van der Waals surface area contributed by atoms with Crippen LogP contribution in [-0.2, 0) is 9.53 Å². The van der Waals surface area contributed by atoms with E-state index in [1.54, 1.807) is 0 Å². The van der Waals surface area contributed by atoms with Crippen molar-refractivity contribution in [3.63, 3.8) is 0 Å². The van der Waals surface area contributed by atoms with E-state index in [4.69, 9.17) is 10.5 Å². The Morgan fingerprint density at radius 1 is 1.33 bits per heavy atom. The minimum absolute atomic E-state index is 0.148. The van der Waals surface area contributed by atoms with Gasteiger partial charge < -0.3 is 15.8 Å². The predicted molar refractivity (Wildman–Crippen MR) is 77.3 cm³/mol. The number of ether oxygens (including phenoxy) is 1. The summed E-state index contributed by atoms with van der Waals surface area (Å²) in [5.74, 6) is -3.24. The number of hydrogen-bond acceptors (Lipinski definition) is 4. The molecule has 1 unspecified atom stereocenters. The van der Waals surface area contributed by atoms with Gasteiger partial charge in [-0.2, -0.15) is 0 Å². The van der Waals surface area contributed by atoms with Gasteiger partial charge in [-0.1, -0.05) is 26.7 Å². The molecule has 1 rings (SSSR count). The molecule has 0 saturated carbocycles. The smallest absolute Gasteiger partial charge is 0.277 e. The second kappa shape index (κ2) is 8.60. The number of nitrogens with two attached hydrogens (primary N) is 1. The van der Waals surface area contributed by atoms with Crippen molar-refractivity contribution in [2.75, 3.05) is 39.4 Å². The molecule has 1 aliphatic rings. The zero-order chi connectivity index (χ0) is 15.9. The number of carbonyl (C=O) groups is 1. The summed E-state index contributed by atoms with van der Waals surface area (Å²) < 4.78 is 31.7. The van der Waals surface area contributed by atoms with Gasteiger partial charge in [-0.15, -0.1) is 0 Å². The number of hydrogen-bond donors (Lipinski definition) is 2. The lowest BCUT2D eigenvalue weighted by atomic mass is 9.91. The Bertz CT molecular complexity index is 319. The third-order valence-electron chi connectivity index (χ3n) is 4.02. The van der Waals surface area contributed by atoms with E-state index in [0.717, 1.165) is 12.8 Å². The molecule has 1 aliphatic heterocycles. The van der Waals surface area contributed by atoms with Crippen LogP contribution in [0, 0.1) is 5.92 Å². The maximum Gasteiger partial charge on any atom is 0.277 e. The monoisotopic (exact) mass is 307 g/mol. The van der Waals surface area contributed by atoms with Gasteiger partial charge in [0.1, 0.15) is 0 Å². The normalized spacial score (nSPS) is 18.8. The summed E-state index contributed by atoms with van der Waals surface area (Å²) in [4.78, 5) is 14.4. The highest BCUT2D eigenvalue weighted by Gasteiger charge is 2.35. The van der Waals surface area contributed by atoms with Gasteiger partial charge in [-0.05, 0) is 5.92 Å². The van der Waals surface area contributed by atoms with Crippen molar-refractivity contribution in [1.29, 1.82) is 0 Å². The van der Waals surface area contributed by atoms with Gasteiger partial charge in [0.15, 0.2) is 0 Å². The third kappa shape index (κ3) is 5.48. The molecule has 1 amide bonds. The van der Waals surface area contributed by atoms with E-state index < -0.39 is 19.0 Å². The summed E-state index contributed by atoms with van der Waals surface area (Å²) in [6, 6.07) is -0.377. The standard InChI is InChI=1S/C14H27F2N3O2/c1-3-11(4-2)12(19-5-7-21-8-6-19)13(20)18-10-14(15,16)9-17/h11-12H,3-10,17H2,1-2H3,(H,18,20). The Kier molecular flexibility index (Phi) is 7.48. The number of nitrogens with zero attached hydrogens (tertiary/aromatic N) is 1. The van der Waals surface area contributed by atoms with E-state index in [9.17, 15) is 13.6 Å². The Morgan fingerprint density at radius 2 is 1.90 bits per heavy atom. The maximum absolute atomic E-state index is 13.2. The lowest BCUT2D eigenvalue weighted by Crippen LogP contribution is -2.56. The van der Waals surface area contributed by atoms with Gasteiger partial charge in [0.05, 0.1) is 32.3 Å². The summed E-state index contributed by atoms with van der Waals surface area (Å²) in [5, 5.41) is 2.37. The number of alkyl halides is 2. The van der Waals surface area contributed by atoms with Gasteiger partial charge >= 0.3 is 0 Å². The van der Waals surface area contributed by atoms with Crippen LogP contribution in [0.25, 0.3) is 0 Å². The molecule has 0 aliphatic carbocycles. The van der Waals surface area contributed by atoms with Gasteiger partial charge in [0.25, 0.3) is 5.92 Å². The minimum Gasteiger partial charge on any atom is -0.379 e. The highest BCUT2D eigenvalue weighted by atomic mass is 19.3. The Labute approximate surface area is 125 Å². The zero-order valence-electron chi connectivity index (χ0n) is 12.9. The van der Waals surface area contributed by atoms with Crippen LogP contribution in [0.15, 0.2) is 0 Å². The first-order chi connectivity index (χ1) is 9.95. The summed E-state index contributed by atoms with van der Waals surface area (Å²) >= 11 is 0. The van der Waals surface area contributed by atoms with Crippen LogP contribution in [0.3, 0.4) is 0 Å². The third-order valence-corrected chi connectivity index (χ3v) is 4.02. The molecule has 0 aromatic rings. The van der Waals surface area contributed by atoms with Crippen molar-refractivity contribution < 1.29 is 18.3 Å². The van der Waals surface area contributed by atoms with E-state index >= 15 is 0 Å². The molecule has 124 valence electrons. The molecule has 1 atom stereocenters. The summed E-state index contributed by atoms with van der Waals surface area (Å²) in [6.07, 6.45) is 1.67. The maximum atomic E-state index is 13.2. The minimum atomic E-state index is -3.06. The van der Waals surface area contributed by atoms with Crippen molar-refractivity contribution in [2.45, 2.75) is 38.7 Å². The van der Waals surface area contributed by atoms with E-state index in [-0.39, 0.29) is 17.9 Å². The molecule has 21 heavy (non-hydrogen) atoms. The Morgan fingerprint density at radius 3 is 2.38 bits per heavy atom. The quantitative estimate of drug-likeness (QED) is 0.697. The van der Waals surface area contributed by atoms with Crippen LogP contribution in [0.5, 0.6) is 0 Å². The molecule has 0 radical (unpaired) electrons. The second-order valence-corrected chi connectivity index (χ2v) is 5.45. The molecule has 1 saturated heterocycles. The van der Waals surface area contributed by atoms with Crippen LogP contribution in [-0.4, -0.2) is 62.2 Å². The molecule has 0 aromatic carbocycles. The number of amides is 1. The molecule has 5 nitrogen and oxygen atoms in total. The van der Waals surface area contributed by atoms with Crippen LogP contribution in [0.1, 0.15) is 26.7 Å². The summed E-state index contributed by atoms with van der Waals surface area (Å²) in [6.45, 7) is 5.02. The number of halogens is 2. The van der Waals surface area contributed by atoms with Gasteiger partial charge in [-0.25, -0.2) is 8.78 Å². The average molecular weight is 307 g/mol. The van der Waals surface area contributed by atoms with Crippen molar-refractivity contribution in [1.82, 2.24) is 10.2 Å². The molecule has 1 heterocycles. The van der Waals surface area contributed by atoms with Gasteiger partial charge in [0.2, 0.25) is 5.91 Å². The van der Waals surface area contributed by atoms with Crippen molar-refractivity contribution in [2.24, 2.45) is 11.7 Å². The number of nitrogens with one attached hydrogen (secondary N) is 1. The predicted octanol–water partition coefficient (Wildman–Crippen LogP) is 0.834. The SMILES string of the molecule is CCC(CC)C(C(=O)NCC(F)(F)CN)N1CCOCC1. The molecule has 1 fully saturated rings. The fourth-order valence-corrected chi connectivity index (χ4v) is 2.66. The molecule has 7 heteroatoms. The number of morpholine rings is 1. The Hall–Kier alpha value is -0.790. The average Bonchev–Trinajstić information content (AvgIpc) is 2.51. The lowest BCUT2D eigenvalue weighted by Gasteiger charge is -2.37. The number of rotatable bonds is 8. The van der Waals surface area contributed by atoms with Crippen LogP contribution in [0.4, 0.5) is 8.78 Å². The first kappa shape index (κ1) is 18.3. The van der Waals surface area contributed by atoms with Gasteiger partial charge in [0, 0.05) is 13.1 Å². The molecular formula is C14H27F2N3O2. The van der Waals surface area contributed by atoms with Gasteiger partial charge in [-0.3, -0.25) is 9.69 Å². The van der Waals surface area contributed by atoms with E-state index in [2.05, 4.69) is 5.32 Å². The van der Waals surface area contributed by atoms with E-state index in [1.807, 2.05) is 18.7 Å². The molecule has 0 spiro atoms. The first-order valence-electron chi connectivity index (χ1n) is 7.62. The second-order valence-electron chi connectivity index (χ2n) is 5.45. The van der Waals surface area contributed by atoms with Crippen LogP contribution >= 0.6 is 0 Å². The topological polar surface area (TPSA) is 67.6 Å². The summed E-state index contributed by atoms with van der Waals surface area (Å²) in [7, 11) is 0. The van der Waals surface area contributed by atoms with E-state index in [1.165, 1.54) is 0 Å². The van der Waals surface area contributed by atoms with Crippen molar-refractivity contribution >= 4 is 5.91 Å². The molecule has 0 aromatic heterocycles. The number of carbonyl (C=O) groups excluding carboxylic acids is 1. The van der Waals surface area contributed by atoms with E-state index in [0.29, 0.717) is 26.3 Å². The Balaban J connectivity index is 2.72. The zero-order valence-corrected chi connectivity index (χ0v) is 12.9. The fraction of sp³-hybridized carbons (Fsp3) is 0.929. The fourth-order valence-electron chi connectivity index (χ4n) is 2.66. The van der Waals surface area contributed by atoms with Crippen molar-refractivity contribution in [3.8, 4) is 0 Å². The van der Waals surface area contributed by atoms with Crippen LogP contribution in [0.2, 0.25) is 0 Å². The summed E-state index contributed by atoms with van der Waals surface area (Å²) in [5.41, 5.74) is 5.00. The molecule has 0 bridgehead atoms. The first-order valence-corrected chi connectivity index (χ1v) is 7.62.